The number of aromatic amines is 1. The molecule has 0 aliphatic heterocycles. The maximum Gasteiger partial charge on any atom is 0.249 e. The predicted molar refractivity (Wildman–Crippen MR) is 104 cm³/mol. The van der Waals surface area contributed by atoms with Crippen LogP contribution in [0.3, 0.4) is 0 Å². The summed E-state index contributed by atoms with van der Waals surface area (Å²) in [5.41, 5.74) is 4.32. The zero-order valence-corrected chi connectivity index (χ0v) is 15.6. The Morgan fingerprint density at radius 3 is 2.93 bits per heavy atom. The summed E-state index contributed by atoms with van der Waals surface area (Å²) >= 11 is 6.11. The number of nitrogens with one attached hydrogen (secondary N) is 1. The van der Waals surface area contributed by atoms with E-state index >= 15 is 0 Å². The first-order chi connectivity index (χ1) is 13.7. The Morgan fingerprint density at radius 1 is 1.18 bits per heavy atom. The van der Waals surface area contributed by atoms with Gasteiger partial charge in [-0.1, -0.05) is 17.7 Å². The number of hydrogen-bond donors (Lipinski definition) is 1. The highest BCUT2D eigenvalue weighted by Crippen LogP contribution is 2.30. The molecule has 9 heteroatoms. The van der Waals surface area contributed by atoms with Crippen molar-refractivity contribution in [3.63, 3.8) is 0 Å². The highest BCUT2D eigenvalue weighted by Gasteiger charge is 2.16. The summed E-state index contributed by atoms with van der Waals surface area (Å²) in [5, 5.41) is 13.9. The average molecular weight is 392 g/mol. The molecule has 5 aromatic rings. The summed E-state index contributed by atoms with van der Waals surface area (Å²) in [4.78, 5) is 11.7. The third-order valence-electron chi connectivity index (χ3n) is 4.44. The van der Waals surface area contributed by atoms with Gasteiger partial charge in [-0.25, -0.2) is 9.97 Å². The van der Waals surface area contributed by atoms with Crippen LogP contribution in [0.5, 0.6) is 0 Å². The van der Waals surface area contributed by atoms with E-state index in [-0.39, 0.29) is 0 Å². The zero-order valence-electron chi connectivity index (χ0n) is 14.8. The number of halogens is 1. The van der Waals surface area contributed by atoms with E-state index in [4.69, 9.17) is 16.0 Å². The van der Waals surface area contributed by atoms with Crippen molar-refractivity contribution in [2.24, 2.45) is 7.05 Å². The number of fused-ring (bicyclic) bond motifs is 1. The molecule has 0 spiro atoms. The van der Waals surface area contributed by atoms with E-state index in [1.165, 1.54) is 0 Å². The molecule has 0 radical (unpaired) electrons. The Kier molecular flexibility index (Phi) is 3.91. The summed E-state index contributed by atoms with van der Waals surface area (Å²) in [6, 6.07) is 5.74. The van der Waals surface area contributed by atoms with Crippen LogP contribution in [-0.2, 0) is 13.5 Å². The second-order valence-corrected chi connectivity index (χ2v) is 6.71. The van der Waals surface area contributed by atoms with Crippen LogP contribution in [0, 0.1) is 0 Å². The van der Waals surface area contributed by atoms with Gasteiger partial charge in [-0.15, -0.1) is 10.2 Å². The Balaban J connectivity index is 1.51. The van der Waals surface area contributed by atoms with Gasteiger partial charge in [0.25, 0.3) is 0 Å². The summed E-state index contributed by atoms with van der Waals surface area (Å²) in [6.45, 7) is 0. The minimum absolute atomic E-state index is 0.418. The normalized spacial score (nSPS) is 11.4. The van der Waals surface area contributed by atoms with Crippen molar-refractivity contribution < 1.29 is 4.42 Å². The Labute approximate surface area is 164 Å². The van der Waals surface area contributed by atoms with Crippen molar-refractivity contribution >= 4 is 22.6 Å². The summed E-state index contributed by atoms with van der Waals surface area (Å²) in [6.07, 6.45) is 9.43. The molecule has 5 rings (SSSR count). The van der Waals surface area contributed by atoms with Crippen molar-refractivity contribution in [3.05, 3.63) is 65.8 Å². The molecule has 0 atom stereocenters. The summed E-state index contributed by atoms with van der Waals surface area (Å²) < 4.78 is 7.63. The van der Waals surface area contributed by atoms with Crippen molar-refractivity contribution in [3.8, 4) is 22.6 Å². The molecule has 0 aromatic carbocycles. The van der Waals surface area contributed by atoms with Gasteiger partial charge < -0.3 is 9.40 Å². The average Bonchev–Trinajstić information content (AvgIpc) is 3.42. The molecule has 8 nitrogen and oxygen atoms in total. The standard InChI is InChI=1S/C19H14ClN7O/c1-27-10-13(8-24-27)12-5-14-15(9-23-18(14)22-7-12)19-26-25-16(28-19)6-11-3-2-4-21-17(11)20/h2-5,7-10H,6H2,1H3,(H,22,23). The number of rotatable bonds is 4. The minimum atomic E-state index is 0.418. The maximum absolute atomic E-state index is 6.11. The number of pyridine rings is 2. The first kappa shape index (κ1) is 16.6. The zero-order chi connectivity index (χ0) is 19.1. The quantitative estimate of drug-likeness (QED) is 0.469. The highest BCUT2D eigenvalue weighted by atomic mass is 35.5. The minimum Gasteiger partial charge on any atom is -0.420 e. The van der Waals surface area contributed by atoms with Gasteiger partial charge in [0, 0.05) is 48.3 Å². The monoisotopic (exact) mass is 391 g/mol. The van der Waals surface area contributed by atoms with Crippen LogP contribution in [0.1, 0.15) is 11.5 Å². The van der Waals surface area contributed by atoms with Crippen molar-refractivity contribution in [1.29, 1.82) is 0 Å². The molecule has 0 unspecified atom stereocenters. The number of hydrogen-bond acceptors (Lipinski definition) is 6. The molecule has 0 aliphatic carbocycles. The van der Waals surface area contributed by atoms with E-state index in [1.807, 2.05) is 43.8 Å². The van der Waals surface area contributed by atoms with Gasteiger partial charge in [0.15, 0.2) is 0 Å². The first-order valence-corrected chi connectivity index (χ1v) is 8.93. The fourth-order valence-electron chi connectivity index (χ4n) is 3.06. The summed E-state index contributed by atoms with van der Waals surface area (Å²) in [7, 11) is 1.88. The van der Waals surface area contributed by atoms with E-state index in [1.54, 1.807) is 17.1 Å². The molecule has 0 bridgehead atoms. The third-order valence-corrected chi connectivity index (χ3v) is 4.78. The van der Waals surface area contributed by atoms with Gasteiger partial charge in [0.2, 0.25) is 11.8 Å². The van der Waals surface area contributed by atoms with Crippen LogP contribution >= 0.6 is 11.6 Å². The lowest BCUT2D eigenvalue weighted by molar-refractivity contribution is 0.518. The number of aromatic nitrogens is 7. The van der Waals surface area contributed by atoms with Crippen LogP contribution < -0.4 is 0 Å². The maximum atomic E-state index is 6.11. The van der Waals surface area contributed by atoms with Gasteiger partial charge in [0.1, 0.15) is 10.8 Å². The van der Waals surface area contributed by atoms with Crippen LogP contribution in [-0.4, -0.2) is 34.9 Å². The van der Waals surface area contributed by atoms with E-state index in [9.17, 15) is 0 Å². The topological polar surface area (TPSA) is 98.3 Å². The molecule has 0 saturated heterocycles. The molecule has 0 aliphatic rings. The fraction of sp³-hybridized carbons (Fsp3) is 0.105. The fourth-order valence-corrected chi connectivity index (χ4v) is 3.24. The van der Waals surface area contributed by atoms with Crippen LogP contribution in [0.15, 0.2) is 53.6 Å². The Morgan fingerprint density at radius 2 is 2.11 bits per heavy atom. The third kappa shape index (κ3) is 2.93. The molecule has 1 N–H and O–H groups in total. The predicted octanol–water partition coefficient (Wildman–Crippen LogP) is 3.65. The SMILES string of the molecule is Cn1cc(-c2cnc3[nH]cc(-c4nnc(Cc5cccnc5Cl)o4)c3c2)cn1. The number of H-pyrrole nitrogens is 1. The number of aryl methyl sites for hydroxylation is 1. The lowest BCUT2D eigenvalue weighted by Gasteiger charge is -1.99. The van der Waals surface area contributed by atoms with Gasteiger partial charge in [-0.05, 0) is 17.7 Å². The van der Waals surface area contributed by atoms with E-state index in [0.29, 0.717) is 23.4 Å². The molecule has 0 saturated carbocycles. The molecule has 0 amide bonds. The van der Waals surface area contributed by atoms with Gasteiger partial charge >= 0.3 is 0 Å². The lowest BCUT2D eigenvalue weighted by Crippen LogP contribution is -1.91. The molecule has 5 aromatic heterocycles. The van der Waals surface area contributed by atoms with Crippen molar-refractivity contribution in [1.82, 2.24) is 34.9 Å². The van der Waals surface area contributed by atoms with Crippen LogP contribution in [0.25, 0.3) is 33.6 Å². The smallest absolute Gasteiger partial charge is 0.249 e. The van der Waals surface area contributed by atoms with Crippen LogP contribution in [0.4, 0.5) is 0 Å². The van der Waals surface area contributed by atoms with Crippen molar-refractivity contribution in [2.45, 2.75) is 6.42 Å². The molecule has 28 heavy (non-hydrogen) atoms. The molecule has 5 heterocycles. The molecule has 0 fully saturated rings. The highest BCUT2D eigenvalue weighted by molar-refractivity contribution is 6.30. The van der Waals surface area contributed by atoms with Gasteiger partial charge in [-0.3, -0.25) is 4.68 Å². The van der Waals surface area contributed by atoms with Gasteiger partial charge in [-0.2, -0.15) is 5.10 Å². The second-order valence-electron chi connectivity index (χ2n) is 6.36. The molecular weight excluding hydrogens is 378 g/mol. The Bertz CT molecular complexity index is 1290. The first-order valence-electron chi connectivity index (χ1n) is 8.55. The second kappa shape index (κ2) is 6.58. The Hall–Kier alpha value is -3.52. The molecule has 138 valence electrons. The largest absolute Gasteiger partial charge is 0.420 e. The lowest BCUT2D eigenvalue weighted by atomic mass is 10.1. The van der Waals surface area contributed by atoms with Crippen molar-refractivity contribution in [2.75, 3.05) is 0 Å². The van der Waals surface area contributed by atoms with E-state index < -0.39 is 0 Å². The van der Waals surface area contributed by atoms with E-state index in [0.717, 1.165) is 33.3 Å². The number of nitrogens with zero attached hydrogens (tertiary/aromatic N) is 6. The van der Waals surface area contributed by atoms with Gasteiger partial charge in [0.05, 0.1) is 18.2 Å². The van der Waals surface area contributed by atoms with E-state index in [2.05, 4.69) is 30.2 Å². The molecular formula is C19H14ClN7O. The van der Waals surface area contributed by atoms with Crippen LogP contribution in [0.2, 0.25) is 5.15 Å². The summed E-state index contributed by atoms with van der Waals surface area (Å²) in [5.74, 6) is 0.891.